The summed E-state index contributed by atoms with van der Waals surface area (Å²) in [5, 5.41) is 24.1. The SMILES string of the molecule is CCCCc1ccc(-c2c[nH]c(C(=O)N[C@@H](CCN)C(=O)N[C@H](C(=O)N[C@@H](C)C(=O)N[C@@H](CCCCN)C(=O)N[C@@H](C)B3OC4C[C@@H]5C[C@@H](C5(C)C)[C@]4(C)O3)[C@@H](C)O)c2)cc1. The van der Waals surface area contributed by atoms with Gasteiger partial charge in [0, 0.05) is 6.20 Å². The molecule has 11 N–H and O–H groups in total. The number of amides is 5. The maximum Gasteiger partial charge on any atom is 0.481 e. The van der Waals surface area contributed by atoms with Crippen molar-refractivity contribution in [1.82, 2.24) is 31.6 Å². The number of aliphatic hydroxyl groups excluding tert-OH is 1. The second-order valence-electron chi connectivity index (χ2n) is 18.1. The van der Waals surface area contributed by atoms with Crippen LogP contribution in [0.4, 0.5) is 0 Å². The van der Waals surface area contributed by atoms with E-state index < -0.39 is 78.5 Å². The maximum atomic E-state index is 13.7. The number of hydrogen-bond donors (Lipinski definition) is 9. The molecule has 0 spiro atoms. The summed E-state index contributed by atoms with van der Waals surface area (Å²) in [6, 6.07) is 5.07. The number of benzene rings is 1. The quantitative estimate of drug-likeness (QED) is 0.0617. The van der Waals surface area contributed by atoms with Crippen LogP contribution >= 0.6 is 0 Å². The monoisotopic (exact) mass is 849 g/mol. The van der Waals surface area contributed by atoms with Crippen molar-refractivity contribution in [3.63, 3.8) is 0 Å². The van der Waals surface area contributed by atoms with Crippen LogP contribution in [-0.4, -0.2) is 108 Å². The highest BCUT2D eigenvalue weighted by atomic mass is 16.7. The first-order valence-corrected chi connectivity index (χ1v) is 22.1. The van der Waals surface area contributed by atoms with Crippen molar-refractivity contribution in [3.8, 4) is 11.1 Å². The molecule has 5 amide bonds. The minimum absolute atomic E-state index is 0.0418. The number of H-pyrrole nitrogens is 1. The molecule has 1 aliphatic heterocycles. The van der Waals surface area contributed by atoms with Crippen molar-refractivity contribution in [3.05, 3.63) is 47.8 Å². The fraction of sp³-hybridized carbons (Fsp3) is 0.659. The summed E-state index contributed by atoms with van der Waals surface area (Å²) in [6.45, 7) is 13.8. The van der Waals surface area contributed by atoms with Crippen LogP contribution < -0.4 is 38.1 Å². The van der Waals surface area contributed by atoms with Gasteiger partial charge in [0.2, 0.25) is 23.6 Å². The molecule has 61 heavy (non-hydrogen) atoms. The van der Waals surface area contributed by atoms with Crippen molar-refractivity contribution in [2.45, 2.75) is 154 Å². The summed E-state index contributed by atoms with van der Waals surface area (Å²) in [4.78, 5) is 70.4. The minimum atomic E-state index is -1.49. The molecule has 4 aliphatic rings. The molecule has 16 nitrogen and oxygen atoms in total. The van der Waals surface area contributed by atoms with Gasteiger partial charge < -0.3 is 57.5 Å². The fourth-order valence-electron chi connectivity index (χ4n) is 9.20. The lowest BCUT2D eigenvalue weighted by Crippen LogP contribution is -2.65. The molecular formula is C44H69BN8O8. The molecule has 3 aliphatic carbocycles. The van der Waals surface area contributed by atoms with Crippen LogP contribution in [0, 0.1) is 17.3 Å². The van der Waals surface area contributed by atoms with E-state index >= 15 is 0 Å². The number of aromatic nitrogens is 1. The van der Waals surface area contributed by atoms with E-state index in [-0.39, 0.29) is 30.2 Å². The van der Waals surface area contributed by atoms with Crippen LogP contribution in [0.15, 0.2) is 36.5 Å². The molecule has 4 fully saturated rings. The van der Waals surface area contributed by atoms with Crippen molar-refractivity contribution >= 4 is 36.7 Å². The topological polar surface area (TPSA) is 252 Å². The minimum Gasteiger partial charge on any atom is -0.404 e. The van der Waals surface area contributed by atoms with Crippen LogP contribution in [0.3, 0.4) is 0 Å². The van der Waals surface area contributed by atoms with Crippen molar-refractivity contribution in [2.24, 2.45) is 28.7 Å². The first-order chi connectivity index (χ1) is 28.9. The molecule has 3 saturated carbocycles. The van der Waals surface area contributed by atoms with Gasteiger partial charge >= 0.3 is 7.12 Å². The third-order valence-electron chi connectivity index (χ3n) is 13.3. The lowest BCUT2D eigenvalue weighted by Gasteiger charge is -2.64. The Hall–Kier alpha value is -4.29. The second-order valence-corrected chi connectivity index (χ2v) is 18.1. The van der Waals surface area contributed by atoms with E-state index in [4.69, 9.17) is 20.8 Å². The Morgan fingerprint density at radius 3 is 2.16 bits per heavy atom. The Labute approximate surface area is 360 Å². The molecular weight excluding hydrogens is 779 g/mol. The zero-order valence-corrected chi connectivity index (χ0v) is 37.0. The predicted molar refractivity (Wildman–Crippen MR) is 234 cm³/mol. The first kappa shape index (κ1) is 47.8. The van der Waals surface area contributed by atoms with Gasteiger partial charge in [0.1, 0.15) is 29.9 Å². The third kappa shape index (κ3) is 11.2. The number of nitrogens with one attached hydrogen (secondary N) is 6. The van der Waals surface area contributed by atoms with Crippen LogP contribution in [0.2, 0.25) is 0 Å². The first-order valence-electron chi connectivity index (χ1n) is 22.1. The predicted octanol–water partition coefficient (Wildman–Crippen LogP) is 2.23. The van der Waals surface area contributed by atoms with E-state index in [1.165, 1.54) is 19.4 Å². The Bertz CT molecular complexity index is 1840. The van der Waals surface area contributed by atoms with Gasteiger partial charge in [0.15, 0.2) is 0 Å². The summed E-state index contributed by atoms with van der Waals surface area (Å²) >= 11 is 0. The van der Waals surface area contributed by atoms with Gasteiger partial charge in [-0.15, -0.1) is 0 Å². The van der Waals surface area contributed by atoms with E-state index in [1.54, 1.807) is 12.3 Å². The summed E-state index contributed by atoms with van der Waals surface area (Å²) in [5.74, 6) is -2.80. The molecule has 0 radical (unpaired) electrons. The van der Waals surface area contributed by atoms with Gasteiger partial charge in [0.25, 0.3) is 5.91 Å². The number of nitrogens with two attached hydrogens (primary N) is 2. The summed E-state index contributed by atoms with van der Waals surface area (Å²) in [7, 11) is -0.650. The Kier molecular flexibility index (Phi) is 16.2. The fourth-order valence-corrected chi connectivity index (χ4v) is 9.20. The molecule has 2 heterocycles. The van der Waals surface area contributed by atoms with Crippen LogP contribution in [0.1, 0.15) is 116 Å². The Morgan fingerprint density at radius 1 is 0.836 bits per heavy atom. The van der Waals surface area contributed by atoms with Crippen molar-refractivity contribution in [2.75, 3.05) is 13.1 Å². The van der Waals surface area contributed by atoms with E-state index in [1.807, 2.05) is 19.1 Å². The van der Waals surface area contributed by atoms with Gasteiger partial charge in [-0.1, -0.05) is 51.5 Å². The largest absolute Gasteiger partial charge is 0.481 e. The zero-order valence-electron chi connectivity index (χ0n) is 37.0. The smallest absolute Gasteiger partial charge is 0.404 e. The summed E-state index contributed by atoms with van der Waals surface area (Å²) in [5.41, 5.74) is 14.4. The number of aryl methyl sites for hydroxylation is 1. The van der Waals surface area contributed by atoms with Gasteiger partial charge in [-0.3, -0.25) is 24.0 Å². The molecule has 1 unspecified atom stereocenters. The average Bonchev–Trinajstić information content (AvgIpc) is 3.86. The Balaban J connectivity index is 1.15. The van der Waals surface area contributed by atoms with Crippen molar-refractivity contribution in [1.29, 1.82) is 0 Å². The second kappa shape index (κ2) is 20.7. The van der Waals surface area contributed by atoms with E-state index in [0.717, 1.165) is 43.2 Å². The van der Waals surface area contributed by atoms with Gasteiger partial charge in [0.05, 0.1) is 23.8 Å². The molecule has 1 saturated heterocycles. The number of carbonyl (C=O) groups is 5. The number of carbonyl (C=O) groups excluding carboxylic acids is 5. The van der Waals surface area contributed by atoms with E-state index in [9.17, 15) is 29.1 Å². The number of hydrogen-bond acceptors (Lipinski definition) is 10. The number of aliphatic hydroxyl groups is 1. The molecule has 2 aromatic rings. The van der Waals surface area contributed by atoms with E-state index in [0.29, 0.717) is 37.6 Å². The van der Waals surface area contributed by atoms with E-state index in [2.05, 4.69) is 71.4 Å². The number of unbranched alkanes of at least 4 members (excludes halogenated alkanes) is 2. The molecule has 10 atom stereocenters. The highest BCUT2D eigenvalue weighted by Crippen LogP contribution is 2.65. The highest BCUT2D eigenvalue weighted by Gasteiger charge is 2.68. The van der Waals surface area contributed by atoms with Gasteiger partial charge in [-0.2, -0.15) is 0 Å². The normalized spacial score (nSPS) is 24.2. The summed E-state index contributed by atoms with van der Waals surface area (Å²) < 4.78 is 12.9. The average molecular weight is 849 g/mol. The molecule has 1 aromatic heterocycles. The molecule has 1 aromatic carbocycles. The zero-order chi connectivity index (χ0) is 44.6. The number of aromatic amines is 1. The van der Waals surface area contributed by atoms with Gasteiger partial charge in [-0.05, 0) is 132 Å². The lowest BCUT2D eigenvalue weighted by molar-refractivity contribution is -0.199. The maximum absolute atomic E-state index is 13.7. The molecule has 17 heteroatoms. The van der Waals surface area contributed by atoms with Crippen LogP contribution in [0.25, 0.3) is 11.1 Å². The molecule has 336 valence electrons. The lowest BCUT2D eigenvalue weighted by atomic mass is 9.43. The van der Waals surface area contributed by atoms with Crippen LogP contribution in [-0.2, 0) is 34.9 Å². The van der Waals surface area contributed by atoms with Crippen molar-refractivity contribution < 1.29 is 38.4 Å². The standard InChI is InChI=1S/C44H69BN8O8/c1-8-9-12-28-14-16-29(17-15-28)30-21-34(48-24-30)41(58)52-33(18-20-47)40(57)53-37(26(3)54)42(59)49-25(2)38(55)51-32(13-10-11-19-46)39(56)50-27(4)45-60-36-23-31-22-35(43(31,5)6)44(36,7)61-45/h14-17,21,24-27,31-33,35-37,48,54H,8-13,18-20,22-23,46-47H2,1-7H3,(H,49,59)(H,50,56)(H,51,55)(H,52,58)(H,53,57)/t25-,26+,27-,31-,32-,33-,35-,36?,37-,44-/m0/s1. The molecule has 2 bridgehead atoms. The third-order valence-corrected chi connectivity index (χ3v) is 13.3. The number of rotatable bonds is 22. The summed E-state index contributed by atoms with van der Waals surface area (Å²) in [6.07, 6.45) is 7.03. The molecule has 6 rings (SSSR count). The van der Waals surface area contributed by atoms with Gasteiger partial charge in [-0.25, -0.2) is 0 Å². The highest BCUT2D eigenvalue weighted by molar-refractivity contribution is 6.47. The van der Waals surface area contributed by atoms with Crippen LogP contribution in [0.5, 0.6) is 0 Å². The Morgan fingerprint density at radius 2 is 1.52 bits per heavy atom.